The van der Waals surface area contributed by atoms with E-state index in [9.17, 15) is 13.2 Å². The molecule has 2 aromatic heterocycles. The van der Waals surface area contributed by atoms with E-state index < -0.39 is 15.8 Å². The molecule has 0 aliphatic heterocycles. The summed E-state index contributed by atoms with van der Waals surface area (Å²) in [6.45, 7) is 1.54. The second-order valence-corrected chi connectivity index (χ2v) is 9.02. The van der Waals surface area contributed by atoms with Crippen LogP contribution in [0.1, 0.15) is 23.0 Å². The molecule has 0 saturated heterocycles. The maximum absolute atomic E-state index is 12.3. The van der Waals surface area contributed by atoms with Crippen LogP contribution in [0.25, 0.3) is 10.6 Å². The van der Waals surface area contributed by atoms with Gasteiger partial charge in [0, 0.05) is 16.3 Å². The normalized spacial score (nSPS) is 11.4. The summed E-state index contributed by atoms with van der Waals surface area (Å²) in [6.07, 6.45) is 0. The number of carbonyl (C=O) groups excluding carboxylic acids is 1. The summed E-state index contributed by atoms with van der Waals surface area (Å²) in [5, 5.41) is 6.66. The molecule has 0 atom stereocenters. The zero-order valence-corrected chi connectivity index (χ0v) is 15.8. The molecular weight excluding hydrogens is 378 g/mol. The quantitative estimate of drug-likeness (QED) is 0.591. The Morgan fingerprint density at radius 1 is 1.20 bits per heavy atom. The van der Waals surface area contributed by atoms with Gasteiger partial charge in [0.15, 0.2) is 9.84 Å². The molecular formula is C17H15NO4S3. The van der Waals surface area contributed by atoms with Crippen molar-refractivity contribution in [1.29, 1.82) is 0 Å². The summed E-state index contributed by atoms with van der Waals surface area (Å²) in [6, 6.07) is 8.07. The number of esters is 1. The van der Waals surface area contributed by atoms with Crippen LogP contribution in [0, 0.1) is 0 Å². The molecule has 3 aromatic rings. The third kappa shape index (κ3) is 3.97. The molecule has 3 rings (SSSR count). The molecule has 25 heavy (non-hydrogen) atoms. The van der Waals surface area contributed by atoms with Gasteiger partial charge in [-0.1, -0.05) is 19.1 Å². The number of thiazole rings is 1. The van der Waals surface area contributed by atoms with Crippen LogP contribution >= 0.6 is 22.7 Å². The molecule has 0 aliphatic rings. The van der Waals surface area contributed by atoms with Gasteiger partial charge in [0.1, 0.15) is 11.6 Å². The van der Waals surface area contributed by atoms with E-state index in [1.54, 1.807) is 30.4 Å². The first-order valence-electron chi connectivity index (χ1n) is 7.47. The van der Waals surface area contributed by atoms with Crippen LogP contribution in [0.15, 0.2) is 51.4 Å². The Balaban J connectivity index is 1.74. The van der Waals surface area contributed by atoms with Crippen LogP contribution in [-0.4, -0.2) is 25.1 Å². The number of ether oxygens (including phenoxy) is 1. The first kappa shape index (κ1) is 17.8. The van der Waals surface area contributed by atoms with Gasteiger partial charge in [0.25, 0.3) is 0 Å². The smallest absolute Gasteiger partial charge is 0.339 e. The molecule has 0 aliphatic carbocycles. The van der Waals surface area contributed by atoms with Crippen molar-refractivity contribution in [3.63, 3.8) is 0 Å². The first-order valence-corrected chi connectivity index (χ1v) is 10.9. The van der Waals surface area contributed by atoms with Crippen molar-refractivity contribution in [2.45, 2.75) is 18.4 Å². The fourth-order valence-electron chi connectivity index (χ4n) is 2.17. The number of nitrogens with zero attached hydrogens (tertiary/aromatic N) is 1. The van der Waals surface area contributed by atoms with E-state index >= 15 is 0 Å². The van der Waals surface area contributed by atoms with E-state index in [1.165, 1.54) is 23.5 Å². The lowest BCUT2D eigenvalue weighted by Crippen LogP contribution is -2.13. The van der Waals surface area contributed by atoms with E-state index in [0.29, 0.717) is 5.69 Å². The Hall–Kier alpha value is -2.03. The number of hydrogen-bond donors (Lipinski definition) is 0. The van der Waals surface area contributed by atoms with Gasteiger partial charge < -0.3 is 4.74 Å². The molecule has 0 bridgehead atoms. The maximum atomic E-state index is 12.3. The minimum Gasteiger partial charge on any atom is -0.456 e. The Morgan fingerprint density at radius 3 is 2.72 bits per heavy atom. The second-order valence-electron chi connectivity index (χ2n) is 5.13. The molecule has 0 fully saturated rings. The van der Waals surface area contributed by atoms with Crippen LogP contribution < -0.4 is 0 Å². The van der Waals surface area contributed by atoms with Crippen molar-refractivity contribution in [1.82, 2.24) is 4.98 Å². The average Bonchev–Trinajstić information content (AvgIpc) is 3.31. The SMILES string of the molecule is CCS(=O)(=O)c1ccccc1C(=O)OCc1csc(-c2ccsc2)n1. The molecule has 0 amide bonds. The highest BCUT2D eigenvalue weighted by atomic mass is 32.2. The summed E-state index contributed by atoms with van der Waals surface area (Å²) in [5.41, 5.74) is 1.72. The first-order chi connectivity index (χ1) is 12.0. The third-order valence-corrected chi connectivity index (χ3v) is 6.90. The summed E-state index contributed by atoms with van der Waals surface area (Å²) in [5.74, 6) is -0.745. The van der Waals surface area contributed by atoms with Crippen molar-refractivity contribution in [3.8, 4) is 10.6 Å². The van der Waals surface area contributed by atoms with E-state index in [2.05, 4.69) is 4.98 Å². The summed E-state index contributed by atoms with van der Waals surface area (Å²) in [7, 11) is -3.50. The van der Waals surface area contributed by atoms with Gasteiger partial charge in [-0.05, 0) is 23.6 Å². The van der Waals surface area contributed by atoms with Gasteiger partial charge in [0.2, 0.25) is 0 Å². The van der Waals surface area contributed by atoms with Crippen LogP contribution in [-0.2, 0) is 21.2 Å². The molecule has 5 nitrogen and oxygen atoms in total. The molecule has 0 N–H and O–H groups in total. The van der Waals surface area contributed by atoms with Gasteiger partial charge in [-0.25, -0.2) is 18.2 Å². The predicted molar refractivity (Wildman–Crippen MR) is 98.7 cm³/mol. The minimum atomic E-state index is -3.50. The van der Waals surface area contributed by atoms with Gasteiger partial charge in [-0.2, -0.15) is 11.3 Å². The van der Waals surface area contributed by atoms with E-state index in [1.807, 2.05) is 22.2 Å². The molecule has 0 saturated carbocycles. The molecule has 1 aromatic carbocycles. The van der Waals surface area contributed by atoms with Crippen molar-refractivity contribution < 1.29 is 17.9 Å². The zero-order valence-electron chi connectivity index (χ0n) is 13.3. The largest absolute Gasteiger partial charge is 0.456 e. The molecule has 2 heterocycles. The topological polar surface area (TPSA) is 73.3 Å². The summed E-state index contributed by atoms with van der Waals surface area (Å²) >= 11 is 3.06. The molecule has 0 radical (unpaired) electrons. The van der Waals surface area contributed by atoms with E-state index in [0.717, 1.165) is 10.6 Å². The Kier molecular flexibility index (Phi) is 5.31. The average molecular weight is 394 g/mol. The Morgan fingerprint density at radius 2 is 2.00 bits per heavy atom. The summed E-state index contributed by atoms with van der Waals surface area (Å²) in [4.78, 5) is 16.8. The van der Waals surface area contributed by atoms with Gasteiger partial charge in [0.05, 0.1) is 21.9 Å². The minimum absolute atomic E-state index is 0.0000224. The molecule has 0 unspecified atom stereocenters. The number of carbonyl (C=O) groups is 1. The Labute approximate surface area is 153 Å². The van der Waals surface area contributed by atoms with Crippen molar-refractivity contribution in [2.24, 2.45) is 0 Å². The van der Waals surface area contributed by atoms with Crippen molar-refractivity contribution >= 4 is 38.5 Å². The van der Waals surface area contributed by atoms with Crippen LogP contribution in [0.3, 0.4) is 0 Å². The monoisotopic (exact) mass is 393 g/mol. The Bertz CT molecular complexity index is 975. The summed E-state index contributed by atoms with van der Waals surface area (Å²) < 4.78 is 29.5. The lowest BCUT2D eigenvalue weighted by atomic mass is 10.2. The molecule has 130 valence electrons. The van der Waals surface area contributed by atoms with E-state index in [-0.39, 0.29) is 22.8 Å². The fourth-order valence-corrected chi connectivity index (χ4v) is 4.77. The van der Waals surface area contributed by atoms with Gasteiger partial charge in [-0.15, -0.1) is 11.3 Å². The van der Waals surface area contributed by atoms with Crippen LogP contribution in [0.4, 0.5) is 0 Å². The highest BCUT2D eigenvalue weighted by molar-refractivity contribution is 7.91. The van der Waals surface area contributed by atoms with Crippen molar-refractivity contribution in [3.05, 3.63) is 57.7 Å². The lowest BCUT2D eigenvalue weighted by Gasteiger charge is -2.08. The lowest BCUT2D eigenvalue weighted by molar-refractivity contribution is 0.0464. The predicted octanol–water partition coefficient (Wildman–Crippen LogP) is 4.02. The van der Waals surface area contributed by atoms with Gasteiger partial charge >= 0.3 is 5.97 Å². The highest BCUT2D eigenvalue weighted by Crippen LogP contribution is 2.26. The van der Waals surface area contributed by atoms with Gasteiger partial charge in [-0.3, -0.25) is 0 Å². The second kappa shape index (κ2) is 7.47. The molecule has 0 spiro atoms. The van der Waals surface area contributed by atoms with Crippen LogP contribution in [0.2, 0.25) is 0 Å². The van der Waals surface area contributed by atoms with Crippen LogP contribution in [0.5, 0.6) is 0 Å². The highest BCUT2D eigenvalue weighted by Gasteiger charge is 2.21. The van der Waals surface area contributed by atoms with E-state index in [4.69, 9.17) is 4.74 Å². The number of sulfone groups is 1. The number of thiophene rings is 1. The number of aromatic nitrogens is 1. The van der Waals surface area contributed by atoms with Crippen molar-refractivity contribution in [2.75, 3.05) is 5.75 Å². The number of rotatable bonds is 6. The standard InChI is InChI=1S/C17H15NO4S3/c1-2-25(20,21)15-6-4-3-5-14(15)17(19)22-9-13-11-24-16(18-13)12-7-8-23-10-12/h3-8,10-11H,2,9H2,1H3. The number of benzene rings is 1. The number of hydrogen-bond acceptors (Lipinski definition) is 7. The maximum Gasteiger partial charge on any atom is 0.339 e. The molecule has 8 heteroatoms. The third-order valence-electron chi connectivity index (χ3n) is 3.49. The zero-order chi connectivity index (χ0) is 17.9. The fraction of sp³-hybridized carbons (Fsp3) is 0.176.